The van der Waals surface area contributed by atoms with Crippen LogP contribution in [0.25, 0.3) is 0 Å². The minimum absolute atomic E-state index is 0.0345. The molecule has 0 aromatic heterocycles. The lowest BCUT2D eigenvalue weighted by Gasteiger charge is -2.34. The zero-order valence-electron chi connectivity index (χ0n) is 57.0. The van der Waals surface area contributed by atoms with Gasteiger partial charge in [-0.25, -0.2) is 4.79 Å². The quantitative estimate of drug-likeness (QED) is 0.0164. The number of carbonyl (C=O) groups is 15. The summed E-state index contributed by atoms with van der Waals surface area (Å²) in [6.07, 6.45) is -0.702. The van der Waals surface area contributed by atoms with Crippen LogP contribution in [0.4, 0.5) is 0 Å². The lowest BCUT2D eigenvalue weighted by atomic mass is 10.0. The van der Waals surface area contributed by atoms with Crippen LogP contribution in [-0.4, -0.2) is 255 Å². The lowest BCUT2D eigenvalue weighted by molar-refractivity contribution is -0.149. The number of aliphatic carboxylic acids is 1. The number of aliphatic hydroxyl groups is 3. The Bertz CT molecular complexity index is 3050. The summed E-state index contributed by atoms with van der Waals surface area (Å²) in [4.78, 5) is 208. The largest absolute Gasteiger partial charge is 0.480 e. The van der Waals surface area contributed by atoms with Gasteiger partial charge in [0.15, 0.2) is 5.96 Å². The molecule has 39 nitrogen and oxygen atoms in total. The topological polar surface area (TPSA) is 658 Å². The van der Waals surface area contributed by atoms with Gasteiger partial charge in [-0.3, -0.25) is 72.1 Å². The summed E-state index contributed by atoms with van der Waals surface area (Å²) in [5.41, 5.74) is 38.9. The van der Waals surface area contributed by atoms with Crippen molar-refractivity contribution in [3.05, 3.63) is 35.9 Å². The average molecular weight is 1430 g/mol. The highest BCUT2D eigenvalue weighted by Gasteiger charge is 2.46. The van der Waals surface area contributed by atoms with Crippen molar-refractivity contribution in [2.75, 3.05) is 45.9 Å². The molecular weight excluding hydrogens is 1330 g/mol. The van der Waals surface area contributed by atoms with Gasteiger partial charge in [0.1, 0.15) is 72.5 Å². The normalized spacial score (nSPS) is 17.7. The summed E-state index contributed by atoms with van der Waals surface area (Å²) in [5, 5.41) is 64.8. The Morgan fingerprint density at radius 1 is 0.515 bits per heavy atom. The van der Waals surface area contributed by atoms with Crippen molar-refractivity contribution >= 4 is 94.6 Å². The van der Waals surface area contributed by atoms with Gasteiger partial charge < -0.3 is 124 Å². The van der Waals surface area contributed by atoms with Crippen molar-refractivity contribution < 1.29 is 92.3 Å². The first-order chi connectivity index (χ1) is 47.8. The predicted molar refractivity (Wildman–Crippen MR) is 360 cm³/mol. The number of likely N-dealkylation sites (tertiary alicyclic amines) is 2. The van der Waals surface area contributed by atoms with E-state index in [1.54, 1.807) is 30.3 Å². The van der Waals surface area contributed by atoms with Crippen LogP contribution in [0.5, 0.6) is 0 Å². The number of carbonyl (C=O) groups excluding carboxylic acids is 14. The third-order valence-electron chi connectivity index (χ3n) is 16.6. The Morgan fingerprint density at radius 3 is 1.50 bits per heavy atom. The number of nitrogens with zero attached hydrogens (tertiary/aromatic N) is 3. The Balaban J connectivity index is 1.77. The first kappa shape index (κ1) is 85.5. The van der Waals surface area contributed by atoms with Gasteiger partial charge in [-0.1, -0.05) is 30.3 Å². The lowest BCUT2D eigenvalue weighted by Crippen LogP contribution is -2.62. The number of hydrogen-bond donors (Lipinski definition) is 21. The van der Waals surface area contributed by atoms with Crippen LogP contribution in [0.15, 0.2) is 35.3 Å². The molecule has 14 atom stereocenters. The van der Waals surface area contributed by atoms with Crippen LogP contribution in [0.1, 0.15) is 123 Å². The Kier molecular flexibility index (Phi) is 37.0. The van der Waals surface area contributed by atoms with E-state index in [9.17, 15) is 92.3 Å². The molecule has 1 aromatic rings. The number of carboxylic acids is 1. The van der Waals surface area contributed by atoms with E-state index in [4.69, 9.17) is 40.1 Å². The van der Waals surface area contributed by atoms with Gasteiger partial charge >= 0.3 is 5.97 Å². The van der Waals surface area contributed by atoms with Gasteiger partial charge in [0.2, 0.25) is 82.7 Å². The van der Waals surface area contributed by atoms with Crippen molar-refractivity contribution in [2.45, 2.75) is 208 Å². The molecule has 1 aromatic carbocycles. The van der Waals surface area contributed by atoms with Crippen molar-refractivity contribution in [2.24, 2.45) is 45.1 Å². The maximum atomic E-state index is 14.6. The van der Waals surface area contributed by atoms with Gasteiger partial charge in [-0.15, -0.1) is 0 Å². The maximum absolute atomic E-state index is 14.6. The van der Waals surface area contributed by atoms with Gasteiger partial charge in [0, 0.05) is 32.5 Å². The van der Waals surface area contributed by atoms with Gasteiger partial charge in [0.25, 0.3) is 0 Å². The minimum atomic E-state index is -1.85. The third-order valence-corrected chi connectivity index (χ3v) is 16.6. The zero-order chi connectivity index (χ0) is 75.6. The van der Waals surface area contributed by atoms with E-state index in [-0.39, 0.29) is 103 Å². The molecule has 101 heavy (non-hydrogen) atoms. The molecule has 2 aliphatic rings. The highest BCUT2D eigenvalue weighted by molar-refractivity contribution is 6.01. The van der Waals surface area contributed by atoms with E-state index in [2.05, 4.69) is 58.2 Å². The average Bonchev–Trinajstić information content (AvgIpc) is 1.73. The van der Waals surface area contributed by atoms with Crippen molar-refractivity contribution in [1.82, 2.24) is 63.0 Å². The van der Waals surface area contributed by atoms with Crippen LogP contribution < -0.4 is 93.3 Å². The number of aliphatic hydroxyl groups excluding tert-OH is 3. The molecule has 2 saturated heterocycles. The molecule has 39 heteroatoms. The molecule has 0 aliphatic carbocycles. The van der Waals surface area contributed by atoms with E-state index in [1.165, 1.54) is 18.7 Å². The molecule has 0 radical (unpaired) electrons. The number of unbranched alkanes of at least 4 members (excludes halogenated alkanes) is 2. The Morgan fingerprint density at radius 2 is 0.970 bits per heavy atom. The molecule has 564 valence electrons. The summed E-state index contributed by atoms with van der Waals surface area (Å²) < 4.78 is 0. The maximum Gasteiger partial charge on any atom is 0.326 e. The smallest absolute Gasteiger partial charge is 0.326 e. The highest BCUT2D eigenvalue weighted by Crippen LogP contribution is 2.27. The third kappa shape index (κ3) is 28.8. The van der Waals surface area contributed by atoms with E-state index < -0.39 is 193 Å². The molecule has 28 N–H and O–H groups in total. The Labute approximate surface area is 583 Å². The molecule has 2 heterocycles. The van der Waals surface area contributed by atoms with Gasteiger partial charge in [-0.05, 0) is 123 Å². The minimum Gasteiger partial charge on any atom is -0.480 e. The molecule has 0 saturated carbocycles. The number of aliphatic imine (C=N–C) groups is 1. The molecular formula is C62H102N20O19. The molecule has 2 fully saturated rings. The molecule has 14 amide bonds. The van der Waals surface area contributed by atoms with Crippen LogP contribution >= 0.6 is 0 Å². The van der Waals surface area contributed by atoms with E-state index in [0.29, 0.717) is 37.7 Å². The van der Waals surface area contributed by atoms with E-state index in [0.717, 1.165) is 11.8 Å². The van der Waals surface area contributed by atoms with Crippen LogP contribution in [-0.2, 0) is 78.3 Å². The highest BCUT2D eigenvalue weighted by atomic mass is 16.4. The number of nitrogens with one attached hydrogen (secondary N) is 10. The molecule has 0 unspecified atom stereocenters. The second kappa shape index (κ2) is 43.7. The fourth-order valence-electron chi connectivity index (χ4n) is 10.9. The van der Waals surface area contributed by atoms with Crippen LogP contribution in [0, 0.1) is 0 Å². The number of primary amides is 2. The zero-order valence-corrected chi connectivity index (χ0v) is 57.0. The fourth-order valence-corrected chi connectivity index (χ4v) is 10.9. The van der Waals surface area contributed by atoms with Gasteiger partial charge in [-0.2, -0.15) is 0 Å². The summed E-state index contributed by atoms with van der Waals surface area (Å²) >= 11 is 0. The molecule has 0 spiro atoms. The summed E-state index contributed by atoms with van der Waals surface area (Å²) in [5.74, 6) is -14.9. The number of guanidine groups is 1. The SMILES string of the molecule is C[C@H](NC(=O)[C@H](CC(N)=O)NC(=O)[C@H](Cc1ccccc1)NC(=O)[C@H](CO)NC(=O)[C@H](CO)NC(=O)[C@@H](N)CCC(N)=O)C(=O)N[C@H](C(=O)N1CCC[C@H]1C(=O)N1CCC[C@H]1C(=O)N[C@@H](CCCCN)C(=O)N[C@@H](CCCCN)C(=O)N[C@@H](C)C(=O)N[C@@H](CCCN=C(N)N)C(=O)O)[C@@H](C)O. The molecule has 0 bridgehead atoms. The molecule has 3 rings (SSSR count). The second-order valence-electron chi connectivity index (χ2n) is 24.7. The standard InChI is InChI=1S/C62H102N20O19/c1-32(49(88)75-39(61(100)101)18-11-25-70-62(68)69)71-52(91)37(16-7-9-23-63)73-53(92)38(17-8-10-24-64)74-58(97)44-19-12-26-81(44)59(98)45-20-13-27-82(45)60(99)48(34(3)85)80-50(89)33(2)72-54(93)41(29-47(67)87)77-55(94)40(28-35-14-5-4-6-15-35)76-56(95)43(31-84)79-57(96)42(30-83)78-51(90)36(65)21-22-46(66)86/h4-6,14-15,32-34,36-45,48,83-85H,7-13,16-31,63-65H2,1-3H3,(H2,66,86)(H2,67,87)(H,71,91)(H,72,93)(H,73,92)(H,74,97)(H,75,88)(H,76,95)(H,77,94)(H,78,90)(H,79,96)(H,80,89)(H,100,101)(H4,68,69,70)/t32-,33-,34+,36-,37-,38-,39-,40-,41-,42-,43-,44-,45-,48-/m0/s1. The van der Waals surface area contributed by atoms with Crippen molar-refractivity contribution in [1.29, 1.82) is 0 Å². The number of amides is 14. The van der Waals surface area contributed by atoms with E-state index in [1.807, 2.05) is 0 Å². The van der Waals surface area contributed by atoms with Crippen LogP contribution in [0.3, 0.4) is 0 Å². The van der Waals surface area contributed by atoms with Gasteiger partial charge in [0.05, 0.1) is 31.8 Å². The fraction of sp³-hybridized carbons (Fsp3) is 0.645. The first-order valence-corrected chi connectivity index (χ1v) is 33.4. The number of carboxylic acid groups (broad SMARTS) is 1. The van der Waals surface area contributed by atoms with E-state index >= 15 is 0 Å². The van der Waals surface area contributed by atoms with Crippen molar-refractivity contribution in [3.63, 3.8) is 0 Å². The summed E-state index contributed by atoms with van der Waals surface area (Å²) in [7, 11) is 0. The second-order valence-corrected chi connectivity index (χ2v) is 24.7. The number of benzene rings is 1. The Hall–Kier alpha value is -9.70. The number of rotatable bonds is 45. The first-order valence-electron chi connectivity index (χ1n) is 33.4. The van der Waals surface area contributed by atoms with Crippen molar-refractivity contribution in [3.8, 4) is 0 Å². The molecule has 2 aliphatic heterocycles. The number of nitrogens with two attached hydrogens (primary N) is 7. The monoisotopic (exact) mass is 1430 g/mol. The summed E-state index contributed by atoms with van der Waals surface area (Å²) in [6, 6.07) is -11.3. The van der Waals surface area contributed by atoms with Crippen LogP contribution in [0.2, 0.25) is 0 Å². The number of hydrogen-bond acceptors (Lipinski definition) is 22. The summed E-state index contributed by atoms with van der Waals surface area (Å²) in [6.45, 7) is 2.12. The predicted octanol–water partition coefficient (Wildman–Crippen LogP) is -9.67.